The third-order valence-corrected chi connectivity index (χ3v) is 5.18. The van der Waals surface area contributed by atoms with Crippen molar-refractivity contribution in [1.82, 2.24) is 24.8 Å². The van der Waals surface area contributed by atoms with Gasteiger partial charge in [-0.3, -0.25) is 9.36 Å². The van der Waals surface area contributed by atoms with E-state index >= 15 is 0 Å². The molecule has 4 N–H and O–H groups in total. The van der Waals surface area contributed by atoms with Crippen molar-refractivity contribution in [2.24, 2.45) is 0 Å². The van der Waals surface area contributed by atoms with Crippen LogP contribution >= 0.6 is 0 Å². The summed E-state index contributed by atoms with van der Waals surface area (Å²) in [5.41, 5.74) is 1.04. The van der Waals surface area contributed by atoms with Crippen LogP contribution in [0.25, 0.3) is 11.2 Å². The molecule has 0 bridgehead atoms. The number of carbonyl (C=O) groups excluding carboxylic acids is 1. The van der Waals surface area contributed by atoms with Crippen LogP contribution in [-0.4, -0.2) is 66.5 Å². The van der Waals surface area contributed by atoms with Crippen molar-refractivity contribution >= 4 is 22.9 Å². The quantitative estimate of drug-likeness (QED) is 0.570. The average molecular weight is 376 g/mol. The molecule has 2 aliphatic rings. The van der Waals surface area contributed by atoms with Gasteiger partial charge in [0.25, 0.3) is 5.91 Å². The maximum atomic E-state index is 12.1. The Labute approximate surface area is 156 Å². The molecule has 0 radical (unpaired) electrons. The number of likely N-dealkylation sites (N-methyl/N-ethyl adjacent to an activating group) is 1. The summed E-state index contributed by atoms with van der Waals surface area (Å²) in [5.74, 6) is 0.174. The van der Waals surface area contributed by atoms with Crippen LogP contribution in [0, 0.1) is 0 Å². The number of amides is 1. The minimum Gasteiger partial charge on any atom is -0.387 e. The SMILES string of the molecule is CCNC(=O)[C@H]1O[C@@H](n2cnc3c(NC4CCCC4)ncnc32)[C@H](O)[C@@H]1O. The number of aromatic nitrogens is 4. The zero-order chi connectivity index (χ0) is 19.0. The second-order valence-corrected chi connectivity index (χ2v) is 7.00. The van der Waals surface area contributed by atoms with E-state index in [-0.39, 0.29) is 0 Å². The Kier molecular flexibility index (Phi) is 4.94. The molecule has 1 saturated heterocycles. The summed E-state index contributed by atoms with van der Waals surface area (Å²) in [6, 6.07) is 0.366. The van der Waals surface area contributed by atoms with E-state index in [0.717, 1.165) is 12.8 Å². The smallest absolute Gasteiger partial charge is 0.252 e. The molecule has 1 aliphatic carbocycles. The van der Waals surface area contributed by atoms with Crippen LogP contribution in [-0.2, 0) is 9.53 Å². The molecular weight excluding hydrogens is 352 g/mol. The third kappa shape index (κ3) is 3.24. The number of nitrogens with one attached hydrogen (secondary N) is 2. The lowest BCUT2D eigenvalue weighted by molar-refractivity contribution is -0.137. The van der Waals surface area contributed by atoms with Crippen LogP contribution in [0.2, 0.25) is 0 Å². The van der Waals surface area contributed by atoms with Crippen molar-refractivity contribution in [3.8, 4) is 0 Å². The second kappa shape index (κ2) is 7.37. The first-order chi connectivity index (χ1) is 13.1. The molecule has 1 aliphatic heterocycles. The van der Waals surface area contributed by atoms with Crippen molar-refractivity contribution < 1.29 is 19.7 Å². The van der Waals surface area contributed by atoms with Crippen LogP contribution < -0.4 is 10.6 Å². The molecular formula is C17H24N6O4. The lowest BCUT2D eigenvalue weighted by atomic mass is 10.1. The van der Waals surface area contributed by atoms with Gasteiger partial charge in [0, 0.05) is 12.6 Å². The number of fused-ring (bicyclic) bond motifs is 1. The molecule has 2 aromatic rings. The van der Waals surface area contributed by atoms with Gasteiger partial charge in [0.05, 0.1) is 6.33 Å². The number of nitrogens with zero attached hydrogens (tertiary/aromatic N) is 4. The molecule has 10 nitrogen and oxygen atoms in total. The van der Waals surface area contributed by atoms with Crippen molar-refractivity contribution in [2.45, 2.75) is 63.2 Å². The van der Waals surface area contributed by atoms with Gasteiger partial charge in [-0.15, -0.1) is 0 Å². The van der Waals surface area contributed by atoms with Gasteiger partial charge in [-0.2, -0.15) is 0 Å². The molecule has 0 unspecified atom stereocenters. The average Bonchev–Trinajstić information content (AvgIpc) is 3.37. The van der Waals surface area contributed by atoms with Gasteiger partial charge in [-0.25, -0.2) is 15.0 Å². The summed E-state index contributed by atoms with van der Waals surface area (Å²) in [6.45, 7) is 2.18. The molecule has 1 amide bonds. The van der Waals surface area contributed by atoms with Crippen LogP contribution in [0.3, 0.4) is 0 Å². The summed E-state index contributed by atoms with van der Waals surface area (Å²) in [6.07, 6.45) is 2.76. The summed E-state index contributed by atoms with van der Waals surface area (Å²) in [7, 11) is 0. The monoisotopic (exact) mass is 376 g/mol. The number of anilines is 1. The number of rotatable bonds is 5. The maximum Gasteiger partial charge on any atom is 0.252 e. The van der Waals surface area contributed by atoms with Crippen molar-refractivity contribution in [1.29, 1.82) is 0 Å². The number of hydrogen-bond acceptors (Lipinski definition) is 8. The molecule has 4 atom stereocenters. The largest absolute Gasteiger partial charge is 0.387 e. The number of carbonyl (C=O) groups is 1. The number of hydrogen-bond donors (Lipinski definition) is 4. The zero-order valence-corrected chi connectivity index (χ0v) is 15.1. The molecule has 0 aromatic carbocycles. The highest BCUT2D eigenvalue weighted by Crippen LogP contribution is 2.33. The van der Waals surface area contributed by atoms with Gasteiger partial charge in [-0.05, 0) is 19.8 Å². The Morgan fingerprint density at radius 1 is 1.26 bits per heavy atom. The molecule has 0 spiro atoms. The Balaban J connectivity index is 1.61. The number of aliphatic hydroxyl groups is 2. The second-order valence-electron chi connectivity index (χ2n) is 7.00. The highest BCUT2D eigenvalue weighted by atomic mass is 16.6. The molecule has 146 valence electrons. The van der Waals surface area contributed by atoms with Crippen LogP contribution in [0.1, 0.15) is 38.8 Å². The van der Waals surface area contributed by atoms with Gasteiger partial charge in [0.2, 0.25) is 0 Å². The predicted octanol–water partition coefficient (Wildman–Crippen LogP) is -0.0639. The summed E-state index contributed by atoms with van der Waals surface area (Å²) in [4.78, 5) is 25.0. The first kappa shape index (κ1) is 18.1. The predicted molar refractivity (Wildman–Crippen MR) is 95.8 cm³/mol. The summed E-state index contributed by atoms with van der Waals surface area (Å²) < 4.78 is 7.19. The van der Waals surface area contributed by atoms with E-state index in [9.17, 15) is 15.0 Å². The van der Waals surface area contributed by atoms with E-state index in [2.05, 4.69) is 25.6 Å². The van der Waals surface area contributed by atoms with E-state index in [1.165, 1.54) is 30.1 Å². The van der Waals surface area contributed by atoms with E-state index in [1.54, 1.807) is 6.92 Å². The van der Waals surface area contributed by atoms with Crippen molar-refractivity contribution in [3.63, 3.8) is 0 Å². The Hall–Kier alpha value is -2.30. The zero-order valence-electron chi connectivity index (χ0n) is 15.1. The van der Waals surface area contributed by atoms with Crippen LogP contribution in [0.5, 0.6) is 0 Å². The highest BCUT2D eigenvalue weighted by molar-refractivity contribution is 5.83. The molecule has 4 rings (SSSR count). The molecule has 1 saturated carbocycles. The Bertz CT molecular complexity index is 821. The highest BCUT2D eigenvalue weighted by Gasteiger charge is 2.47. The minimum atomic E-state index is -1.34. The third-order valence-electron chi connectivity index (χ3n) is 5.18. The number of imidazole rings is 1. The first-order valence-corrected chi connectivity index (χ1v) is 9.33. The van der Waals surface area contributed by atoms with Crippen LogP contribution in [0.15, 0.2) is 12.7 Å². The fraction of sp³-hybridized carbons (Fsp3) is 0.647. The molecule has 10 heteroatoms. The maximum absolute atomic E-state index is 12.1. The lowest BCUT2D eigenvalue weighted by Gasteiger charge is -2.17. The van der Waals surface area contributed by atoms with Gasteiger partial charge in [0.15, 0.2) is 29.3 Å². The fourth-order valence-electron chi connectivity index (χ4n) is 3.79. The Morgan fingerprint density at radius 2 is 2.04 bits per heavy atom. The van der Waals surface area contributed by atoms with Crippen LogP contribution in [0.4, 0.5) is 5.82 Å². The summed E-state index contributed by atoms with van der Waals surface area (Å²) >= 11 is 0. The van der Waals surface area contributed by atoms with E-state index < -0.39 is 30.4 Å². The first-order valence-electron chi connectivity index (χ1n) is 9.33. The van der Waals surface area contributed by atoms with Gasteiger partial charge >= 0.3 is 0 Å². The number of aliphatic hydroxyl groups excluding tert-OH is 2. The number of ether oxygens (including phenoxy) is 1. The molecule has 3 heterocycles. The molecule has 27 heavy (non-hydrogen) atoms. The van der Waals surface area contributed by atoms with Crippen molar-refractivity contribution in [2.75, 3.05) is 11.9 Å². The lowest BCUT2D eigenvalue weighted by Crippen LogP contribution is -2.42. The van der Waals surface area contributed by atoms with E-state index in [4.69, 9.17) is 4.74 Å². The standard InChI is InChI=1S/C17H24N6O4/c1-2-18-16(26)13-11(24)12(25)17(27-13)23-8-21-10-14(19-7-20-15(10)23)22-9-5-3-4-6-9/h7-9,11-13,17,24-25H,2-6H2,1H3,(H,18,26)(H,19,20,22)/t11-,12+,13-,17+/m0/s1. The van der Waals surface area contributed by atoms with E-state index in [1.807, 2.05) is 0 Å². The molecule has 2 aromatic heterocycles. The van der Waals surface area contributed by atoms with Crippen molar-refractivity contribution in [3.05, 3.63) is 12.7 Å². The van der Waals surface area contributed by atoms with Gasteiger partial charge < -0.3 is 25.6 Å². The molecule has 2 fully saturated rings. The topological polar surface area (TPSA) is 134 Å². The van der Waals surface area contributed by atoms with E-state index in [0.29, 0.717) is 29.6 Å². The Morgan fingerprint density at radius 3 is 2.78 bits per heavy atom. The normalized spacial score (nSPS) is 28.7. The van der Waals surface area contributed by atoms with Gasteiger partial charge in [0.1, 0.15) is 18.5 Å². The van der Waals surface area contributed by atoms with Gasteiger partial charge in [-0.1, -0.05) is 12.8 Å². The summed E-state index contributed by atoms with van der Waals surface area (Å²) in [5, 5.41) is 26.6. The minimum absolute atomic E-state index is 0.366. The fourth-order valence-corrected chi connectivity index (χ4v) is 3.79.